The van der Waals surface area contributed by atoms with Gasteiger partial charge in [0.15, 0.2) is 5.69 Å². The molecule has 0 aliphatic heterocycles. The van der Waals surface area contributed by atoms with Gasteiger partial charge in [0.05, 0.1) is 6.04 Å². The quantitative estimate of drug-likeness (QED) is 0.441. The van der Waals surface area contributed by atoms with Gasteiger partial charge in [-0.15, -0.1) is 0 Å². The Hall–Kier alpha value is -2.17. The van der Waals surface area contributed by atoms with Gasteiger partial charge in [-0.3, -0.25) is 9.48 Å². The lowest BCUT2D eigenvalue weighted by atomic mass is 9.49. The summed E-state index contributed by atoms with van der Waals surface area (Å²) in [4.78, 5) is 14.0. The molecule has 4 fully saturated rings. The summed E-state index contributed by atoms with van der Waals surface area (Å²) < 4.78 is 15.9. The van der Waals surface area contributed by atoms with Crippen LogP contribution in [0.3, 0.4) is 0 Å². The number of nitrogens with zero attached hydrogens (tertiary/aromatic N) is 2. The van der Waals surface area contributed by atoms with E-state index in [2.05, 4.69) is 23.8 Å². The van der Waals surface area contributed by atoms with Crippen LogP contribution in [0, 0.1) is 28.5 Å². The van der Waals surface area contributed by atoms with Gasteiger partial charge in [0, 0.05) is 23.2 Å². The summed E-state index contributed by atoms with van der Waals surface area (Å²) in [5.74, 6) is 1.67. The predicted octanol–water partition coefficient (Wildman–Crippen LogP) is 7.13. The predicted molar refractivity (Wildman–Crippen MR) is 143 cm³/mol. The highest BCUT2D eigenvalue weighted by Gasteiger charge is 2.81. The molecule has 5 heteroatoms. The van der Waals surface area contributed by atoms with Crippen LogP contribution in [0.15, 0.2) is 24.3 Å². The third-order valence-corrected chi connectivity index (χ3v) is 11.7. The van der Waals surface area contributed by atoms with E-state index in [-0.39, 0.29) is 23.2 Å². The molecule has 0 saturated heterocycles. The number of aromatic nitrogens is 2. The summed E-state index contributed by atoms with van der Waals surface area (Å²) in [5.41, 5.74) is 5.16. The molecule has 5 aliphatic rings. The summed E-state index contributed by atoms with van der Waals surface area (Å²) in [7, 11) is 0. The summed E-state index contributed by atoms with van der Waals surface area (Å²) in [6.07, 6.45) is 15.2. The maximum absolute atomic E-state index is 14.0. The summed E-state index contributed by atoms with van der Waals surface area (Å²) >= 11 is 0. The number of fused-ring (bicyclic) bond motifs is 1. The molecule has 4 nitrogen and oxygen atoms in total. The van der Waals surface area contributed by atoms with E-state index in [1.165, 1.54) is 55.3 Å². The van der Waals surface area contributed by atoms with E-state index in [1.54, 1.807) is 12.1 Å². The second-order valence-electron chi connectivity index (χ2n) is 13.4. The van der Waals surface area contributed by atoms with Gasteiger partial charge in [-0.25, -0.2) is 4.39 Å². The van der Waals surface area contributed by atoms with Crippen molar-refractivity contribution in [1.29, 1.82) is 0 Å². The van der Waals surface area contributed by atoms with E-state index >= 15 is 0 Å². The van der Waals surface area contributed by atoms with Gasteiger partial charge in [0.25, 0.3) is 5.91 Å². The van der Waals surface area contributed by atoms with E-state index in [1.807, 2.05) is 12.1 Å². The number of carbonyl (C=O) groups is 1. The van der Waals surface area contributed by atoms with Crippen LogP contribution in [-0.2, 0) is 12.8 Å². The molecule has 4 saturated carbocycles. The van der Waals surface area contributed by atoms with E-state index in [4.69, 9.17) is 5.10 Å². The molecule has 2 aromatic rings. The fourth-order valence-corrected chi connectivity index (χ4v) is 9.77. The number of carbonyl (C=O) groups excluding carboxylic acids is 1. The minimum atomic E-state index is -0.183. The molecule has 37 heavy (non-hydrogen) atoms. The van der Waals surface area contributed by atoms with Gasteiger partial charge in [0.1, 0.15) is 5.82 Å². The van der Waals surface area contributed by atoms with Crippen LogP contribution in [0.4, 0.5) is 4.39 Å². The van der Waals surface area contributed by atoms with Gasteiger partial charge >= 0.3 is 0 Å². The fraction of sp³-hybridized carbons (Fsp3) is 0.688. The lowest BCUT2D eigenvalue weighted by Gasteiger charge is -2.59. The number of amides is 1. The zero-order valence-electron chi connectivity index (χ0n) is 22.6. The highest BCUT2D eigenvalue weighted by molar-refractivity contribution is 5.94. The lowest BCUT2D eigenvalue weighted by molar-refractivity contribution is -0.0746. The molecule has 7 rings (SSSR count). The molecule has 1 spiro atoms. The average Bonchev–Trinajstić information content (AvgIpc) is 3.55. The standard InChI is InChI=1S/C32H42FN3O/c1-20-29(31(2)17-16-23-19-32(20,23)31)34-30(37)27-26-11-7-6-8-22(18-21-12-14-24(33)15-13-21)28(26)36(35-27)25-9-4-3-5-10-25/h12-15,20,22-23,25,29H,3-11,16-19H2,1-2H3,(H,34,37)/t20?,22?,23?,29-,31?,32?/m1/s1. The molecular formula is C32H42FN3O. The molecule has 1 amide bonds. The Kier molecular flexibility index (Phi) is 5.61. The zero-order valence-corrected chi connectivity index (χ0v) is 22.6. The molecule has 6 atom stereocenters. The first kappa shape index (κ1) is 23.9. The fourth-order valence-electron chi connectivity index (χ4n) is 9.77. The van der Waals surface area contributed by atoms with E-state index < -0.39 is 0 Å². The molecule has 5 aliphatic carbocycles. The number of benzene rings is 1. The van der Waals surface area contributed by atoms with Crippen molar-refractivity contribution in [1.82, 2.24) is 15.1 Å². The number of hydrogen-bond donors (Lipinski definition) is 1. The largest absolute Gasteiger partial charge is 0.347 e. The van der Waals surface area contributed by atoms with Crippen LogP contribution >= 0.6 is 0 Å². The number of hydrogen-bond acceptors (Lipinski definition) is 2. The number of rotatable bonds is 5. The summed E-state index contributed by atoms with van der Waals surface area (Å²) in [6, 6.07) is 7.66. The maximum atomic E-state index is 14.0. The van der Waals surface area contributed by atoms with Gasteiger partial charge in [-0.05, 0) is 98.1 Å². The first-order valence-electron chi connectivity index (χ1n) is 15.1. The zero-order chi connectivity index (χ0) is 25.4. The van der Waals surface area contributed by atoms with E-state index in [9.17, 15) is 9.18 Å². The van der Waals surface area contributed by atoms with Crippen molar-refractivity contribution in [2.24, 2.45) is 22.7 Å². The molecule has 198 valence electrons. The molecule has 0 bridgehead atoms. The van der Waals surface area contributed by atoms with Crippen molar-refractivity contribution in [2.45, 2.75) is 115 Å². The van der Waals surface area contributed by atoms with Crippen molar-refractivity contribution in [2.75, 3.05) is 0 Å². The molecule has 5 unspecified atom stereocenters. The highest BCUT2D eigenvalue weighted by atomic mass is 19.1. The lowest BCUT2D eigenvalue weighted by Crippen LogP contribution is -2.66. The number of nitrogens with one attached hydrogen (secondary N) is 1. The Morgan fingerprint density at radius 3 is 2.59 bits per heavy atom. The average molecular weight is 504 g/mol. The van der Waals surface area contributed by atoms with Crippen molar-refractivity contribution in [3.63, 3.8) is 0 Å². The Bertz CT molecular complexity index is 1200. The molecule has 1 aromatic heterocycles. The van der Waals surface area contributed by atoms with Crippen molar-refractivity contribution in [3.05, 3.63) is 52.6 Å². The summed E-state index contributed by atoms with van der Waals surface area (Å²) in [6.45, 7) is 4.81. The SMILES string of the molecule is CC1[C@@H](NC(=O)c2nn(C3CCCCC3)c3c2CCCCC3Cc2ccc(F)cc2)C2(C)CCC3CC312. The van der Waals surface area contributed by atoms with E-state index in [0.29, 0.717) is 29.0 Å². The third kappa shape index (κ3) is 3.51. The Labute approximate surface area is 220 Å². The monoisotopic (exact) mass is 503 g/mol. The van der Waals surface area contributed by atoms with Crippen molar-refractivity contribution >= 4 is 5.91 Å². The molecule has 1 N–H and O–H groups in total. The van der Waals surface area contributed by atoms with Gasteiger partial charge in [0.2, 0.25) is 0 Å². The molecular weight excluding hydrogens is 461 g/mol. The highest BCUT2D eigenvalue weighted by Crippen LogP contribution is 2.84. The Morgan fingerprint density at radius 1 is 1.08 bits per heavy atom. The minimum absolute atomic E-state index is 0.0604. The Balaban J connectivity index is 1.23. The minimum Gasteiger partial charge on any atom is -0.347 e. The summed E-state index contributed by atoms with van der Waals surface area (Å²) in [5, 5.41) is 8.73. The number of halogens is 1. The van der Waals surface area contributed by atoms with Crippen LogP contribution in [0.2, 0.25) is 0 Å². The van der Waals surface area contributed by atoms with Crippen LogP contribution < -0.4 is 5.32 Å². The maximum Gasteiger partial charge on any atom is 0.272 e. The topological polar surface area (TPSA) is 46.9 Å². The van der Waals surface area contributed by atoms with Gasteiger partial charge < -0.3 is 5.32 Å². The molecule has 1 heterocycles. The smallest absolute Gasteiger partial charge is 0.272 e. The molecule has 0 radical (unpaired) electrons. The second-order valence-corrected chi connectivity index (χ2v) is 13.4. The van der Waals surface area contributed by atoms with Crippen LogP contribution in [-0.4, -0.2) is 21.7 Å². The van der Waals surface area contributed by atoms with Gasteiger partial charge in [-0.1, -0.05) is 51.7 Å². The first-order chi connectivity index (χ1) is 17.9. The van der Waals surface area contributed by atoms with Crippen LogP contribution in [0.1, 0.15) is 124 Å². The normalized spacial score (nSPS) is 36.6. The van der Waals surface area contributed by atoms with Crippen molar-refractivity contribution in [3.8, 4) is 0 Å². The molecule has 1 aromatic carbocycles. The third-order valence-electron chi connectivity index (χ3n) is 11.7. The van der Waals surface area contributed by atoms with Gasteiger partial charge in [-0.2, -0.15) is 5.10 Å². The second kappa shape index (κ2) is 8.68. The first-order valence-corrected chi connectivity index (χ1v) is 15.1. The van der Waals surface area contributed by atoms with Crippen LogP contribution in [0.25, 0.3) is 0 Å². The van der Waals surface area contributed by atoms with Crippen molar-refractivity contribution < 1.29 is 9.18 Å². The van der Waals surface area contributed by atoms with Crippen LogP contribution in [0.5, 0.6) is 0 Å². The Morgan fingerprint density at radius 2 is 1.84 bits per heavy atom. The van der Waals surface area contributed by atoms with E-state index in [0.717, 1.165) is 50.9 Å².